The van der Waals surface area contributed by atoms with Gasteiger partial charge in [-0.1, -0.05) is 0 Å². The summed E-state index contributed by atoms with van der Waals surface area (Å²) in [5.41, 5.74) is 10.3. The number of rotatable bonds is 3. The molecule has 2 aromatic rings. The van der Waals surface area contributed by atoms with Gasteiger partial charge in [-0.05, 0) is 63.1 Å². The van der Waals surface area contributed by atoms with Crippen LogP contribution >= 0.6 is 11.3 Å². The molecule has 1 unspecified atom stereocenters. The lowest BCUT2D eigenvalue weighted by Gasteiger charge is -2.16. The number of benzene rings is 1. The first-order valence-corrected chi connectivity index (χ1v) is 6.98. The minimum absolute atomic E-state index is 0.302. The number of aryl methyl sites for hydroxylation is 3. The van der Waals surface area contributed by atoms with E-state index in [4.69, 9.17) is 5.73 Å². The third-order valence-electron chi connectivity index (χ3n) is 3.03. The predicted octanol–water partition coefficient (Wildman–Crippen LogP) is 4.43. The molecule has 0 aliphatic carbocycles. The summed E-state index contributed by atoms with van der Waals surface area (Å²) in [6.07, 6.45) is 0. The summed E-state index contributed by atoms with van der Waals surface area (Å²) in [6.45, 7) is 8.58. The van der Waals surface area contributed by atoms with Gasteiger partial charge in [0.25, 0.3) is 0 Å². The van der Waals surface area contributed by atoms with Gasteiger partial charge in [0.1, 0.15) is 0 Å². The Morgan fingerprint density at radius 2 is 1.83 bits per heavy atom. The number of hydrogen-bond donors (Lipinski definition) is 2. The normalized spacial score (nSPS) is 12.4. The largest absolute Gasteiger partial charge is 0.399 e. The fourth-order valence-electron chi connectivity index (χ4n) is 2.30. The zero-order valence-corrected chi connectivity index (χ0v) is 12.2. The van der Waals surface area contributed by atoms with Crippen LogP contribution in [0.2, 0.25) is 0 Å². The molecule has 0 aliphatic rings. The molecular weight excluding hydrogens is 240 g/mol. The van der Waals surface area contributed by atoms with Crippen molar-refractivity contribution in [3.63, 3.8) is 0 Å². The van der Waals surface area contributed by atoms with Crippen molar-refractivity contribution < 1.29 is 0 Å². The number of hydrogen-bond acceptors (Lipinski definition) is 3. The van der Waals surface area contributed by atoms with Gasteiger partial charge in [-0.15, -0.1) is 11.3 Å². The molecular formula is C15H20N2S. The molecule has 18 heavy (non-hydrogen) atoms. The lowest BCUT2D eigenvalue weighted by atomic mass is 10.1. The van der Waals surface area contributed by atoms with Crippen LogP contribution in [0.1, 0.15) is 33.8 Å². The molecule has 1 atom stereocenters. The van der Waals surface area contributed by atoms with E-state index in [2.05, 4.69) is 45.1 Å². The van der Waals surface area contributed by atoms with Crippen LogP contribution in [0.3, 0.4) is 0 Å². The summed E-state index contributed by atoms with van der Waals surface area (Å²) in [5, 5.41) is 3.52. The van der Waals surface area contributed by atoms with Crippen molar-refractivity contribution in [2.24, 2.45) is 0 Å². The number of nitrogens with one attached hydrogen (secondary N) is 1. The zero-order valence-electron chi connectivity index (χ0n) is 11.4. The van der Waals surface area contributed by atoms with Gasteiger partial charge in [0.2, 0.25) is 0 Å². The maximum absolute atomic E-state index is 5.87. The van der Waals surface area contributed by atoms with Crippen molar-refractivity contribution in [3.05, 3.63) is 45.1 Å². The van der Waals surface area contributed by atoms with Crippen LogP contribution in [-0.2, 0) is 0 Å². The van der Waals surface area contributed by atoms with Crippen LogP contribution in [0.5, 0.6) is 0 Å². The highest BCUT2D eigenvalue weighted by Crippen LogP contribution is 2.29. The Labute approximate surface area is 113 Å². The number of nitrogens with two attached hydrogens (primary N) is 1. The molecule has 2 rings (SSSR count). The summed E-state index contributed by atoms with van der Waals surface area (Å²) >= 11 is 1.85. The van der Waals surface area contributed by atoms with Crippen molar-refractivity contribution >= 4 is 22.7 Å². The maximum atomic E-state index is 5.87. The standard InChI is InChI=1S/C15H20N2S/c1-9-5-13(16)8-14(6-9)17-11(3)15-7-10(2)18-12(15)4/h5-8,11,17H,16H2,1-4H3. The van der Waals surface area contributed by atoms with E-state index in [1.807, 2.05) is 23.5 Å². The summed E-state index contributed by atoms with van der Waals surface area (Å²) in [5.74, 6) is 0. The van der Waals surface area contributed by atoms with Crippen LogP contribution in [0.4, 0.5) is 11.4 Å². The summed E-state index contributed by atoms with van der Waals surface area (Å²) in [4.78, 5) is 2.74. The Morgan fingerprint density at radius 1 is 1.11 bits per heavy atom. The Bertz CT molecular complexity index is 537. The first-order valence-electron chi connectivity index (χ1n) is 6.16. The number of nitrogen functional groups attached to an aromatic ring is 1. The molecule has 0 saturated carbocycles. The molecule has 0 radical (unpaired) electrons. The molecule has 3 heteroatoms. The van der Waals surface area contributed by atoms with Gasteiger partial charge < -0.3 is 11.1 Å². The molecule has 96 valence electrons. The van der Waals surface area contributed by atoms with Crippen molar-refractivity contribution in [1.29, 1.82) is 0 Å². The van der Waals surface area contributed by atoms with Crippen LogP contribution < -0.4 is 11.1 Å². The van der Waals surface area contributed by atoms with E-state index >= 15 is 0 Å². The summed E-state index contributed by atoms with van der Waals surface area (Å²) < 4.78 is 0. The average molecular weight is 260 g/mol. The quantitative estimate of drug-likeness (QED) is 0.801. The van der Waals surface area contributed by atoms with Gasteiger partial charge in [-0.2, -0.15) is 0 Å². The van der Waals surface area contributed by atoms with Crippen LogP contribution in [0.15, 0.2) is 24.3 Å². The second kappa shape index (κ2) is 5.02. The minimum Gasteiger partial charge on any atom is -0.399 e. The smallest absolute Gasteiger partial charge is 0.0496 e. The minimum atomic E-state index is 0.302. The van der Waals surface area contributed by atoms with Gasteiger partial charge in [-0.3, -0.25) is 0 Å². The van der Waals surface area contributed by atoms with Crippen molar-refractivity contribution in [2.45, 2.75) is 33.7 Å². The lowest BCUT2D eigenvalue weighted by molar-refractivity contribution is 0.881. The van der Waals surface area contributed by atoms with E-state index in [0.29, 0.717) is 6.04 Å². The molecule has 3 N–H and O–H groups in total. The van der Waals surface area contributed by atoms with Gasteiger partial charge in [0.15, 0.2) is 0 Å². The Hall–Kier alpha value is -1.48. The zero-order chi connectivity index (χ0) is 13.3. The molecule has 0 fully saturated rings. The summed E-state index contributed by atoms with van der Waals surface area (Å²) in [6, 6.07) is 8.66. The number of thiophene rings is 1. The maximum Gasteiger partial charge on any atom is 0.0496 e. The molecule has 2 nitrogen and oxygen atoms in total. The highest BCUT2D eigenvalue weighted by Gasteiger charge is 2.11. The fraction of sp³-hybridized carbons (Fsp3) is 0.333. The van der Waals surface area contributed by atoms with Gasteiger partial charge in [-0.25, -0.2) is 0 Å². The molecule has 0 spiro atoms. The monoisotopic (exact) mass is 260 g/mol. The third-order valence-corrected chi connectivity index (χ3v) is 4.01. The fourth-order valence-corrected chi connectivity index (χ4v) is 3.33. The first kappa shape index (κ1) is 13.0. The van der Waals surface area contributed by atoms with Crippen molar-refractivity contribution in [1.82, 2.24) is 0 Å². The summed E-state index contributed by atoms with van der Waals surface area (Å²) in [7, 11) is 0. The second-order valence-corrected chi connectivity index (χ2v) is 6.33. The molecule has 0 amide bonds. The van der Waals surface area contributed by atoms with Crippen LogP contribution in [0, 0.1) is 20.8 Å². The molecule has 1 aromatic heterocycles. The van der Waals surface area contributed by atoms with Gasteiger partial charge in [0, 0.05) is 27.2 Å². The van der Waals surface area contributed by atoms with Crippen molar-refractivity contribution in [3.8, 4) is 0 Å². The second-order valence-electron chi connectivity index (χ2n) is 4.87. The van der Waals surface area contributed by atoms with E-state index in [-0.39, 0.29) is 0 Å². The third kappa shape index (κ3) is 2.85. The van der Waals surface area contributed by atoms with E-state index in [1.54, 1.807) is 0 Å². The first-order chi connectivity index (χ1) is 8.45. The SMILES string of the molecule is Cc1cc(N)cc(NC(C)c2cc(C)sc2C)c1. The predicted molar refractivity (Wildman–Crippen MR) is 81.4 cm³/mol. The molecule has 0 aliphatic heterocycles. The molecule has 1 aromatic carbocycles. The van der Waals surface area contributed by atoms with Crippen molar-refractivity contribution in [2.75, 3.05) is 11.1 Å². The van der Waals surface area contributed by atoms with E-state index < -0.39 is 0 Å². The van der Waals surface area contributed by atoms with E-state index in [0.717, 1.165) is 11.4 Å². The lowest BCUT2D eigenvalue weighted by Crippen LogP contribution is -2.07. The van der Waals surface area contributed by atoms with Gasteiger partial charge in [0.05, 0.1) is 0 Å². The Kier molecular flexibility index (Phi) is 3.62. The number of anilines is 2. The molecule has 0 saturated heterocycles. The van der Waals surface area contributed by atoms with Crippen LogP contribution in [0.25, 0.3) is 0 Å². The highest BCUT2D eigenvalue weighted by atomic mass is 32.1. The Morgan fingerprint density at radius 3 is 2.39 bits per heavy atom. The molecule has 0 bridgehead atoms. The highest BCUT2D eigenvalue weighted by molar-refractivity contribution is 7.12. The van der Waals surface area contributed by atoms with Gasteiger partial charge >= 0.3 is 0 Å². The topological polar surface area (TPSA) is 38.0 Å². The van der Waals surface area contributed by atoms with E-state index in [9.17, 15) is 0 Å². The molecule has 1 heterocycles. The van der Waals surface area contributed by atoms with E-state index in [1.165, 1.54) is 20.9 Å². The Balaban J connectivity index is 2.20. The average Bonchev–Trinajstić information content (AvgIpc) is 2.56. The van der Waals surface area contributed by atoms with Crippen LogP contribution in [-0.4, -0.2) is 0 Å².